The third-order valence-corrected chi connectivity index (χ3v) is 5.45. The zero-order valence-corrected chi connectivity index (χ0v) is 19.2. The van der Waals surface area contributed by atoms with Gasteiger partial charge in [0.15, 0.2) is 6.04 Å². The van der Waals surface area contributed by atoms with Crippen molar-refractivity contribution in [2.45, 2.75) is 44.6 Å². The molecule has 2 unspecified atom stereocenters. The number of amides is 1. The molecule has 1 aliphatic rings. The summed E-state index contributed by atoms with van der Waals surface area (Å²) in [5.74, 6) is -0.842. The summed E-state index contributed by atoms with van der Waals surface area (Å²) in [7, 11) is 0. The van der Waals surface area contributed by atoms with E-state index in [1.165, 1.54) is 20.8 Å². The number of hydrogen-bond acceptors (Lipinski definition) is 4. The second kappa shape index (κ2) is 8.18. The molecule has 0 radical (unpaired) electrons. The Kier molecular flexibility index (Phi) is 6.20. The SMILES string of the molecule is CC(C)(C)OC(=O)N1C(c2cc(F)ccc2Cl)c2c(cc(Br)cc2[N+](=O)[O-])C1C(F)(F)F. The third-order valence-electron chi connectivity index (χ3n) is 4.64. The van der Waals surface area contributed by atoms with Crippen molar-refractivity contribution in [2.75, 3.05) is 0 Å². The molecule has 0 bridgehead atoms. The van der Waals surface area contributed by atoms with Gasteiger partial charge in [0.1, 0.15) is 11.4 Å². The summed E-state index contributed by atoms with van der Waals surface area (Å²) in [6.45, 7) is 4.37. The minimum Gasteiger partial charge on any atom is -0.444 e. The number of benzene rings is 2. The number of nitro benzene ring substituents is 1. The molecule has 0 saturated heterocycles. The Morgan fingerprint density at radius 1 is 1.19 bits per heavy atom. The van der Waals surface area contributed by atoms with Crippen LogP contribution < -0.4 is 0 Å². The molecule has 0 N–H and O–H groups in total. The first kappa shape index (κ1) is 24.2. The van der Waals surface area contributed by atoms with Gasteiger partial charge in [-0.25, -0.2) is 9.18 Å². The van der Waals surface area contributed by atoms with Crippen LogP contribution in [0.15, 0.2) is 34.8 Å². The Bertz CT molecular complexity index is 1100. The van der Waals surface area contributed by atoms with Crippen molar-refractivity contribution in [3.8, 4) is 0 Å². The van der Waals surface area contributed by atoms with Gasteiger partial charge in [-0.2, -0.15) is 13.2 Å². The van der Waals surface area contributed by atoms with E-state index in [9.17, 15) is 32.5 Å². The number of ether oxygens (including phenoxy) is 1. The fourth-order valence-corrected chi connectivity index (χ4v) is 4.31. The molecule has 0 spiro atoms. The molecule has 172 valence electrons. The number of rotatable bonds is 2. The van der Waals surface area contributed by atoms with Crippen LogP contribution in [0.5, 0.6) is 0 Å². The highest BCUT2D eigenvalue weighted by Gasteiger charge is 2.58. The van der Waals surface area contributed by atoms with Gasteiger partial charge in [-0.15, -0.1) is 0 Å². The van der Waals surface area contributed by atoms with Gasteiger partial charge >= 0.3 is 12.3 Å². The van der Waals surface area contributed by atoms with Gasteiger partial charge in [-0.05, 0) is 50.6 Å². The molecular formula is C20H16BrClF4N2O4. The number of hydrogen-bond donors (Lipinski definition) is 0. The lowest BCUT2D eigenvalue weighted by atomic mass is 9.95. The van der Waals surface area contributed by atoms with Crippen molar-refractivity contribution < 1.29 is 32.0 Å². The van der Waals surface area contributed by atoms with Crippen molar-refractivity contribution >= 4 is 39.3 Å². The first-order valence-electron chi connectivity index (χ1n) is 9.12. The van der Waals surface area contributed by atoms with Crippen LogP contribution in [0.25, 0.3) is 0 Å². The minimum absolute atomic E-state index is 0.00679. The molecular weight excluding hydrogens is 524 g/mol. The van der Waals surface area contributed by atoms with Crippen LogP contribution in [0, 0.1) is 15.9 Å². The Morgan fingerprint density at radius 3 is 2.34 bits per heavy atom. The second-order valence-electron chi connectivity index (χ2n) is 8.09. The Hall–Kier alpha value is -2.40. The van der Waals surface area contributed by atoms with E-state index in [2.05, 4.69) is 15.9 Å². The molecule has 1 heterocycles. The van der Waals surface area contributed by atoms with Crippen LogP contribution in [0.2, 0.25) is 5.02 Å². The molecule has 0 saturated carbocycles. The Morgan fingerprint density at radius 2 is 1.81 bits per heavy atom. The van der Waals surface area contributed by atoms with Crippen molar-refractivity contribution in [3.63, 3.8) is 0 Å². The normalized spacial score (nSPS) is 18.5. The van der Waals surface area contributed by atoms with E-state index in [4.69, 9.17) is 16.3 Å². The minimum atomic E-state index is -5.03. The van der Waals surface area contributed by atoms with E-state index in [-0.39, 0.29) is 15.1 Å². The van der Waals surface area contributed by atoms with Gasteiger partial charge in [0.25, 0.3) is 5.69 Å². The average Bonchev–Trinajstić information content (AvgIpc) is 2.96. The van der Waals surface area contributed by atoms with Gasteiger partial charge in [0, 0.05) is 21.1 Å². The number of halogens is 6. The van der Waals surface area contributed by atoms with E-state index in [0.717, 1.165) is 30.3 Å². The van der Waals surface area contributed by atoms with Gasteiger partial charge < -0.3 is 4.74 Å². The largest absolute Gasteiger partial charge is 0.444 e. The maximum absolute atomic E-state index is 14.3. The van der Waals surface area contributed by atoms with E-state index in [1.807, 2.05) is 0 Å². The average molecular weight is 540 g/mol. The molecule has 0 fully saturated rings. The molecule has 0 aromatic heterocycles. The molecule has 32 heavy (non-hydrogen) atoms. The molecule has 1 aliphatic heterocycles. The number of nitrogens with zero attached hydrogens (tertiary/aromatic N) is 2. The Balaban J connectivity index is 2.41. The second-order valence-corrected chi connectivity index (χ2v) is 9.41. The molecule has 0 aliphatic carbocycles. The monoisotopic (exact) mass is 538 g/mol. The molecule has 2 aromatic carbocycles. The predicted molar refractivity (Wildman–Crippen MR) is 111 cm³/mol. The molecule has 12 heteroatoms. The van der Waals surface area contributed by atoms with Crippen LogP contribution in [0.4, 0.5) is 28.0 Å². The van der Waals surface area contributed by atoms with E-state index in [1.54, 1.807) is 0 Å². The van der Waals surface area contributed by atoms with Crippen molar-refractivity contribution in [1.82, 2.24) is 4.90 Å². The summed E-state index contributed by atoms with van der Waals surface area (Å²) >= 11 is 9.16. The Labute approximate surface area is 193 Å². The molecule has 2 atom stereocenters. The maximum atomic E-state index is 14.3. The number of nitro groups is 1. The van der Waals surface area contributed by atoms with Crippen molar-refractivity contribution in [1.29, 1.82) is 0 Å². The number of fused-ring (bicyclic) bond motifs is 1. The lowest BCUT2D eigenvalue weighted by Crippen LogP contribution is -2.43. The number of alkyl halides is 3. The van der Waals surface area contributed by atoms with Gasteiger partial charge in [-0.3, -0.25) is 15.0 Å². The molecule has 2 aromatic rings. The highest BCUT2D eigenvalue weighted by molar-refractivity contribution is 9.10. The van der Waals surface area contributed by atoms with E-state index < -0.39 is 57.5 Å². The van der Waals surface area contributed by atoms with Crippen LogP contribution in [-0.2, 0) is 4.74 Å². The van der Waals surface area contributed by atoms with Gasteiger partial charge in [0.2, 0.25) is 0 Å². The topological polar surface area (TPSA) is 72.7 Å². The third kappa shape index (κ3) is 4.54. The van der Waals surface area contributed by atoms with Gasteiger partial charge in [-0.1, -0.05) is 27.5 Å². The highest BCUT2D eigenvalue weighted by atomic mass is 79.9. The van der Waals surface area contributed by atoms with E-state index >= 15 is 0 Å². The maximum Gasteiger partial charge on any atom is 0.413 e. The van der Waals surface area contributed by atoms with Crippen LogP contribution in [-0.4, -0.2) is 27.7 Å². The first-order valence-corrected chi connectivity index (χ1v) is 10.3. The molecule has 1 amide bonds. The summed E-state index contributed by atoms with van der Waals surface area (Å²) in [4.78, 5) is 24.2. The standard InChI is InChI=1S/C20H16BrClF4N2O4/c1-19(2,3)32-18(29)27-16(11-8-10(23)4-5-13(11)22)15-12(17(27)20(24,25)26)6-9(21)7-14(15)28(30)31/h4-8,16-17H,1-3H3. The fourth-order valence-electron chi connectivity index (χ4n) is 3.63. The lowest BCUT2D eigenvalue weighted by molar-refractivity contribution is -0.385. The number of carbonyl (C=O) groups is 1. The number of carbonyl (C=O) groups excluding carboxylic acids is 1. The summed E-state index contributed by atoms with van der Waals surface area (Å²) in [6.07, 6.45) is -6.42. The zero-order chi connectivity index (χ0) is 24.2. The first-order chi connectivity index (χ1) is 14.6. The predicted octanol–water partition coefficient (Wildman–Crippen LogP) is 7.09. The highest BCUT2D eigenvalue weighted by Crippen LogP contribution is 2.56. The van der Waals surface area contributed by atoms with Gasteiger partial charge in [0.05, 0.1) is 16.5 Å². The molecule has 6 nitrogen and oxygen atoms in total. The van der Waals surface area contributed by atoms with Crippen LogP contribution in [0.3, 0.4) is 0 Å². The fraction of sp³-hybridized carbons (Fsp3) is 0.350. The lowest BCUT2D eigenvalue weighted by Gasteiger charge is -2.34. The summed E-state index contributed by atoms with van der Waals surface area (Å²) in [6, 6.07) is 0.687. The van der Waals surface area contributed by atoms with Crippen LogP contribution in [0.1, 0.15) is 49.5 Å². The van der Waals surface area contributed by atoms with Crippen molar-refractivity contribution in [2.24, 2.45) is 0 Å². The smallest absolute Gasteiger partial charge is 0.413 e. The zero-order valence-electron chi connectivity index (χ0n) is 16.8. The van der Waals surface area contributed by atoms with Crippen LogP contribution >= 0.6 is 27.5 Å². The molecule has 3 rings (SSSR count). The van der Waals surface area contributed by atoms with Crippen molar-refractivity contribution in [3.05, 3.63) is 72.4 Å². The summed E-state index contributed by atoms with van der Waals surface area (Å²) in [5, 5.41) is 11.6. The van der Waals surface area contributed by atoms with E-state index in [0.29, 0.717) is 4.90 Å². The quantitative estimate of drug-likeness (QED) is 0.232. The summed E-state index contributed by atoms with van der Waals surface area (Å²) < 4.78 is 62.1. The summed E-state index contributed by atoms with van der Waals surface area (Å²) in [5.41, 5.74) is -3.05.